The molecule has 0 aliphatic heterocycles. The van der Waals surface area contributed by atoms with Crippen LogP contribution in [0.15, 0.2) is 39.9 Å². The minimum absolute atomic E-state index is 0.149. The number of aromatic nitrogens is 2. The van der Waals surface area contributed by atoms with Gasteiger partial charge in [-0.05, 0) is 56.5 Å². The van der Waals surface area contributed by atoms with Crippen molar-refractivity contribution < 1.29 is 14.3 Å². The topological polar surface area (TPSA) is 99.4 Å². The minimum atomic E-state index is -0.575. The summed E-state index contributed by atoms with van der Waals surface area (Å²) in [5.41, 5.74) is 0.806. The number of halogens is 1. The molecule has 0 atom stereocenters. The number of esters is 1. The monoisotopic (exact) mass is 471 g/mol. The zero-order valence-corrected chi connectivity index (χ0v) is 19.8. The molecule has 0 saturated carbocycles. The SMILES string of the molecule is CCOC(=O)c1c(C)cc2c(c1C)c(=O)n(-c1ccccc1Cl)c(=O)n2CCCC(=O)NC. The first-order valence-electron chi connectivity index (χ1n) is 10.6. The highest BCUT2D eigenvalue weighted by molar-refractivity contribution is 6.32. The Labute approximate surface area is 195 Å². The number of fused-ring (bicyclic) bond motifs is 1. The third kappa shape index (κ3) is 4.57. The summed E-state index contributed by atoms with van der Waals surface area (Å²) in [6.45, 7) is 5.50. The first-order valence-corrected chi connectivity index (χ1v) is 11.0. The van der Waals surface area contributed by atoms with Crippen molar-refractivity contribution >= 4 is 34.4 Å². The largest absolute Gasteiger partial charge is 0.462 e. The number of benzene rings is 2. The summed E-state index contributed by atoms with van der Waals surface area (Å²) < 4.78 is 7.66. The van der Waals surface area contributed by atoms with Crippen LogP contribution in [0.3, 0.4) is 0 Å². The fourth-order valence-corrected chi connectivity index (χ4v) is 4.19. The summed E-state index contributed by atoms with van der Waals surface area (Å²) >= 11 is 6.32. The third-order valence-corrected chi connectivity index (χ3v) is 5.84. The van der Waals surface area contributed by atoms with Crippen molar-refractivity contribution in [3.8, 4) is 5.69 Å². The second-order valence-electron chi connectivity index (χ2n) is 7.61. The number of para-hydroxylation sites is 1. The third-order valence-electron chi connectivity index (χ3n) is 5.52. The number of amides is 1. The van der Waals surface area contributed by atoms with Gasteiger partial charge in [-0.25, -0.2) is 14.2 Å². The first kappa shape index (κ1) is 24.3. The molecule has 174 valence electrons. The van der Waals surface area contributed by atoms with E-state index in [1.165, 1.54) is 4.57 Å². The highest BCUT2D eigenvalue weighted by atomic mass is 35.5. The second-order valence-corrected chi connectivity index (χ2v) is 8.02. The Hall–Kier alpha value is -3.39. The number of carbonyl (C=O) groups excluding carboxylic acids is 2. The molecule has 1 heterocycles. The van der Waals surface area contributed by atoms with E-state index in [9.17, 15) is 19.2 Å². The van der Waals surface area contributed by atoms with Gasteiger partial charge in [0, 0.05) is 20.0 Å². The quantitative estimate of drug-likeness (QED) is 0.534. The van der Waals surface area contributed by atoms with Crippen LogP contribution in [0.5, 0.6) is 0 Å². The Bertz CT molecular complexity index is 1360. The summed E-state index contributed by atoms with van der Waals surface area (Å²) in [6, 6.07) is 8.21. The molecule has 8 nitrogen and oxygen atoms in total. The van der Waals surface area contributed by atoms with E-state index in [1.54, 1.807) is 58.2 Å². The number of hydrogen-bond donors (Lipinski definition) is 1. The predicted octanol–water partition coefficient (Wildman–Crippen LogP) is 3.13. The molecular formula is C24H26ClN3O5. The molecule has 1 aromatic heterocycles. The number of ether oxygens (including phenoxy) is 1. The maximum absolute atomic E-state index is 13.6. The number of nitrogens with one attached hydrogen (secondary N) is 1. The van der Waals surface area contributed by atoms with Crippen molar-refractivity contribution in [2.45, 2.75) is 40.2 Å². The number of aryl methyl sites for hydroxylation is 3. The van der Waals surface area contributed by atoms with Crippen molar-refractivity contribution in [3.05, 3.63) is 72.9 Å². The molecule has 3 rings (SSSR count). The zero-order valence-electron chi connectivity index (χ0n) is 19.0. The van der Waals surface area contributed by atoms with E-state index in [-0.39, 0.29) is 41.6 Å². The van der Waals surface area contributed by atoms with Crippen LogP contribution >= 0.6 is 11.6 Å². The van der Waals surface area contributed by atoms with Gasteiger partial charge >= 0.3 is 11.7 Å². The Morgan fingerprint density at radius 1 is 1.15 bits per heavy atom. The molecule has 0 unspecified atom stereocenters. The fraction of sp³-hybridized carbons (Fsp3) is 0.333. The summed E-state index contributed by atoms with van der Waals surface area (Å²) in [6.07, 6.45) is 0.599. The molecule has 1 amide bonds. The van der Waals surface area contributed by atoms with Gasteiger partial charge in [-0.3, -0.25) is 14.2 Å². The molecule has 0 aliphatic rings. The Kier molecular flexibility index (Phi) is 7.38. The standard InChI is InChI=1S/C24H26ClN3O5/c1-5-33-23(31)20-14(2)13-18-21(15(20)3)22(30)28(17-10-7-6-9-16(17)25)24(32)27(18)12-8-11-19(29)26-4/h6-7,9-10,13H,5,8,11-12H2,1-4H3,(H,26,29). The Morgan fingerprint density at radius 2 is 1.85 bits per heavy atom. The van der Waals surface area contributed by atoms with Gasteiger partial charge in [0.05, 0.1) is 33.8 Å². The molecule has 33 heavy (non-hydrogen) atoms. The number of hydrogen-bond acceptors (Lipinski definition) is 5. The average molecular weight is 472 g/mol. The van der Waals surface area contributed by atoms with E-state index < -0.39 is 17.2 Å². The normalized spacial score (nSPS) is 10.9. The fourth-order valence-electron chi connectivity index (χ4n) is 3.97. The molecule has 2 aromatic carbocycles. The summed E-state index contributed by atoms with van der Waals surface area (Å²) in [7, 11) is 1.55. The van der Waals surface area contributed by atoms with Crippen LogP contribution in [0.1, 0.15) is 41.3 Å². The van der Waals surface area contributed by atoms with Gasteiger partial charge in [0.25, 0.3) is 5.56 Å². The lowest BCUT2D eigenvalue weighted by Gasteiger charge is -2.18. The summed E-state index contributed by atoms with van der Waals surface area (Å²) in [5.74, 6) is -0.681. The lowest BCUT2D eigenvalue weighted by atomic mass is 9.98. The van der Waals surface area contributed by atoms with Crippen LogP contribution in [0.4, 0.5) is 0 Å². The average Bonchev–Trinajstić information content (AvgIpc) is 2.76. The smallest absolute Gasteiger partial charge is 0.338 e. The molecule has 9 heteroatoms. The minimum Gasteiger partial charge on any atom is -0.462 e. The molecule has 0 spiro atoms. The molecular weight excluding hydrogens is 446 g/mol. The van der Waals surface area contributed by atoms with Gasteiger partial charge in [0.2, 0.25) is 5.91 Å². The van der Waals surface area contributed by atoms with Gasteiger partial charge in [-0.15, -0.1) is 0 Å². The van der Waals surface area contributed by atoms with E-state index in [2.05, 4.69) is 5.32 Å². The first-order chi connectivity index (χ1) is 15.7. The van der Waals surface area contributed by atoms with E-state index >= 15 is 0 Å². The number of carbonyl (C=O) groups is 2. The molecule has 0 fully saturated rings. The molecule has 0 saturated heterocycles. The highest BCUT2D eigenvalue weighted by Gasteiger charge is 2.23. The van der Waals surface area contributed by atoms with Crippen LogP contribution in [0.25, 0.3) is 16.6 Å². The van der Waals surface area contributed by atoms with E-state index in [1.807, 2.05) is 0 Å². The predicted molar refractivity (Wildman–Crippen MR) is 128 cm³/mol. The lowest BCUT2D eigenvalue weighted by Crippen LogP contribution is -2.40. The van der Waals surface area contributed by atoms with E-state index in [4.69, 9.17) is 16.3 Å². The van der Waals surface area contributed by atoms with Gasteiger partial charge in [0.1, 0.15) is 0 Å². The van der Waals surface area contributed by atoms with Crippen LogP contribution in [0, 0.1) is 13.8 Å². The lowest BCUT2D eigenvalue weighted by molar-refractivity contribution is -0.120. The Balaban J connectivity index is 2.39. The van der Waals surface area contributed by atoms with Crippen LogP contribution in [0.2, 0.25) is 5.02 Å². The van der Waals surface area contributed by atoms with Crippen molar-refractivity contribution in [3.63, 3.8) is 0 Å². The van der Waals surface area contributed by atoms with Gasteiger partial charge in [-0.2, -0.15) is 0 Å². The maximum atomic E-state index is 13.6. The maximum Gasteiger partial charge on any atom is 0.338 e. The van der Waals surface area contributed by atoms with Crippen molar-refractivity contribution in [1.82, 2.24) is 14.5 Å². The molecule has 1 N–H and O–H groups in total. The van der Waals surface area contributed by atoms with Gasteiger partial charge in [-0.1, -0.05) is 23.7 Å². The molecule has 3 aromatic rings. The molecule has 0 radical (unpaired) electrons. The molecule has 0 aliphatic carbocycles. The number of nitrogens with zero attached hydrogens (tertiary/aromatic N) is 2. The zero-order chi connectivity index (χ0) is 24.3. The summed E-state index contributed by atoms with van der Waals surface area (Å²) in [4.78, 5) is 51.5. The number of rotatable bonds is 7. The van der Waals surface area contributed by atoms with E-state index in [0.29, 0.717) is 28.6 Å². The van der Waals surface area contributed by atoms with E-state index in [0.717, 1.165) is 4.57 Å². The van der Waals surface area contributed by atoms with Crippen LogP contribution in [-0.2, 0) is 16.1 Å². The van der Waals surface area contributed by atoms with Crippen molar-refractivity contribution in [2.24, 2.45) is 0 Å². The Morgan fingerprint density at radius 3 is 2.48 bits per heavy atom. The van der Waals surface area contributed by atoms with Crippen molar-refractivity contribution in [2.75, 3.05) is 13.7 Å². The van der Waals surface area contributed by atoms with Crippen LogP contribution < -0.4 is 16.6 Å². The van der Waals surface area contributed by atoms with Crippen molar-refractivity contribution in [1.29, 1.82) is 0 Å². The van der Waals surface area contributed by atoms with Crippen LogP contribution in [-0.4, -0.2) is 34.7 Å². The second kappa shape index (κ2) is 10.0. The molecule has 0 bridgehead atoms. The van der Waals surface area contributed by atoms with Gasteiger partial charge < -0.3 is 10.1 Å². The van der Waals surface area contributed by atoms with Gasteiger partial charge in [0.15, 0.2) is 0 Å². The summed E-state index contributed by atoms with van der Waals surface area (Å²) in [5, 5.41) is 3.02. The highest BCUT2D eigenvalue weighted by Crippen LogP contribution is 2.25.